The Hall–Kier alpha value is -2.61. The Bertz CT molecular complexity index is 926. The molecule has 2 saturated heterocycles. The fraction of sp³-hybridized carbons (Fsp3) is 0.429. The molecule has 0 atom stereocenters. The molecule has 0 saturated carbocycles. The summed E-state index contributed by atoms with van der Waals surface area (Å²) in [6.45, 7) is 2.49. The van der Waals surface area contributed by atoms with Crippen LogP contribution in [-0.4, -0.2) is 67.9 Å². The van der Waals surface area contributed by atoms with Crippen LogP contribution in [-0.2, 0) is 9.84 Å². The number of anilines is 2. The van der Waals surface area contributed by atoms with E-state index in [2.05, 4.69) is 39.5 Å². The maximum Gasteiger partial charge on any atom is 0.255 e. The Morgan fingerprint density at radius 2 is 1.66 bits per heavy atom. The van der Waals surface area contributed by atoms with E-state index in [1.54, 1.807) is 17.2 Å². The first-order valence-electron chi connectivity index (χ1n) is 10.0. The van der Waals surface area contributed by atoms with Gasteiger partial charge in [0.2, 0.25) is 0 Å². The second kappa shape index (κ2) is 8.41. The number of para-hydroxylation sites is 1. The van der Waals surface area contributed by atoms with Crippen LogP contribution in [0.5, 0.6) is 0 Å². The molecule has 0 spiro atoms. The molecule has 3 heterocycles. The number of benzene rings is 1. The third-order valence-electron chi connectivity index (χ3n) is 5.61. The first kappa shape index (κ1) is 19.7. The number of nitrogens with one attached hydrogen (secondary N) is 1. The van der Waals surface area contributed by atoms with Crippen LogP contribution in [0.15, 0.2) is 48.7 Å². The minimum atomic E-state index is -3.00. The van der Waals surface area contributed by atoms with Crippen molar-refractivity contribution >= 4 is 27.2 Å². The number of carbonyl (C=O) groups excluding carboxylic acids is 1. The van der Waals surface area contributed by atoms with Gasteiger partial charge in [-0.25, -0.2) is 13.4 Å². The smallest absolute Gasteiger partial charge is 0.255 e. The summed E-state index contributed by atoms with van der Waals surface area (Å²) in [5.74, 6) is 0.678. The molecule has 7 nitrogen and oxygen atoms in total. The topological polar surface area (TPSA) is 82.6 Å². The first-order valence-corrected chi connectivity index (χ1v) is 11.8. The molecule has 2 aromatic rings. The van der Waals surface area contributed by atoms with Gasteiger partial charge in [-0.1, -0.05) is 18.2 Å². The van der Waals surface area contributed by atoms with E-state index in [-0.39, 0.29) is 30.5 Å². The van der Waals surface area contributed by atoms with Gasteiger partial charge in [0, 0.05) is 44.1 Å². The van der Waals surface area contributed by atoms with Gasteiger partial charge < -0.3 is 15.1 Å². The fourth-order valence-electron chi connectivity index (χ4n) is 3.83. The van der Waals surface area contributed by atoms with E-state index < -0.39 is 9.84 Å². The molecular weight excluding hydrogens is 388 g/mol. The highest BCUT2D eigenvalue weighted by Gasteiger charge is 2.26. The first-order chi connectivity index (χ1) is 14.0. The van der Waals surface area contributed by atoms with Crippen molar-refractivity contribution in [3.8, 4) is 0 Å². The number of hydrogen-bond donors (Lipinski definition) is 1. The molecule has 0 bridgehead atoms. The molecule has 2 aliphatic heterocycles. The second-order valence-electron chi connectivity index (χ2n) is 7.62. The maximum atomic E-state index is 12.5. The fourth-order valence-corrected chi connectivity index (χ4v) is 5.04. The van der Waals surface area contributed by atoms with Crippen LogP contribution in [0.1, 0.15) is 23.2 Å². The predicted molar refractivity (Wildman–Crippen MR) is 114 cm³/mol. The average Bonchev–Trinajstić information content (AvgIpc) is 2.75. The molecule has 154 valence electrons. The zero-order valence-electron chi connectivity index (χ0n) is 16.3. The van der Waals surface area contributed by atoms with E-state index in [9.17, 15) is 13.2 Å². The summed E-state index contributed by atoms with van der Waals surface area (Å²) >= 11 is 0. The van der Waals surface area contributed by atoms with Gasteiger partial charge in [0.15, 0.2) is 9.84 Å². The Balaban J connectivity index is 1.29. The van der Waals surface area contributed by atoms with Crippen LogP contribution in [0.3, 0.4) is 0 Å². The number of nitrogens with zero attached hydrogens (tertiary/aromatic N) is 3. The summed E-state index contributed by atoms with van der Waals surface area (Å²) in [6.07, 6.45) is 3.63. The number of hydrogen-bond acceptors (Lipinski definition) is 6. The SMILES string of the molecule is O=C(c1ccc(NC2CCN(c3ccccc3)CC2)nc1)N1CCS(=O)(=O)CC1. The van der Waals surface area contributed by atoms with Crippen LogP contribution in [0.25, 0.3) is 0 Å². The third-order valence-corrected chi connectivity index (χ3v) is 7.22. The van der Waals surface area contributed by atoms with Gasteiger partial charge in [0.05, 0.1) is 17.1 Å². The highest BCUT2D eigenvalue weighted by Crippen LogP contribution is 2.21. The van der Waals surface area contributed by atoms with Gasteiger partial charge in [-0.15, -0.1) is 0 Å². The lowest BCUT2D eigenvalue weighted by Gasteiger charge is -2.34. The summed E-state index contributed by atoms with van der Waals surface area (Å²) in [4.78, 5) is 20.9. The van der Waals surface area contributed by atoms with E-state index in [0.29, 0.717) is 11.6 Å². The molecule has 1 amide bonds. The normalized spacial score (nSPS) is 19.7. The molecular formula is C21H26N4O3S. The maximum absolute atomic E-state index is 12.5. The Morgan fingerprint density at radius 3 is 2.28 bits per heavy atom. The highest BCUT2D eigenvalue weighted by molar-refractivity contribution is 7.91. The van der Waals surface area contributed by atoms with Gasteiger partial charge >= 0.3 is 0 Å². The molecule has 2 fully saturated rings. The lowest BCUT2D eigenvalue weighted by molar-refractivity contribution is 0.0770. The zero-order chi connectivity index (χ0) is 20.3. The second-order valence-corrected chi connectivity index (χ2v) is 9.92. The number of carbonyl (C=O) groups is 1. The lowest BCUT2D eigenvalue weighted by atomic mass is 10.0. The number of amides is 1. The van der Waals surface area contributed by atoms with Crippen molar-refractivity contribution in [2.45, 2.75) is 18.9 Å². The van der Waals surface area contributed by atoms with Gasteiger partial charge in [-0.05, 0) is 37.1 Å². The van der Waals surface area contributed by atoms with E-state index in [1.165, 1.54) is 5.69 Å². The van der Waals surface area contributed by atoms with E-state index in [1.807, 2.05) is 12.1 Å². The summed E-state index contributed by atoms with van der Waals surface area (Å²) in [5.41, 5.74) is 1.76. The largest absolute Gasteiger partial charge is 0.371 e. The summed E-state index contributed by atoms with van der Waals surface area (Å²) in [7, 11) is -3.00. The molecule has 4 rings (SSSR count). The predicted octanol–water partition coefficient (Wildman–Crippen LogP) is 2.03. The zero-order valence-corrected chi connectivity index (χ0v) is 17.1. The molecule has 0 unspecified atom stereocenters. The van der Waals surface area contributed by atoms with Crippen LogP contribution in [0.4, 0.5) is 11.5 Å². The van der Waals surface area contributed by atoms with Crippen LogP contribution in [0.2, 0.25) is 0 Å². The van der Waals surface area contributed by atoms with Crippen molar-refractivity contribution in [1.29, 1.82) is 0 Å². The standard InChI is InChI=1S/C21H26N4O3S/c26-21(25-12-14-29(27,28)15-13-25)17-6-7-20(22-16-17)23-18-8-10-24(11-9-18)19-4-2-1-3-5-19/h1-7,16,18H,8-15H2,(H,22,23). The molecule has 0 radical (unpaired) electrons. The summed E-state index contributed by atoms with van der Waals surface area (Å²) < 4.78 is 23.1. The van der Waals surface area contributed by atoms with Crippen LogP contribution >= 0.6 is 0 Å². The van der Waals surface area contributed by atoms with Crippen LogP contribution < -0.4 is 10.2 Å². The van der Waals surface area contributed by atoms with Crippen molar-refractivity contribution in [2.24, 2.45) is 0 Å². The minimum Gasteiger partial charge on any atom is -0.371 e. The average molecular weight is 415 g/mol. The van der Waals surface area contributed by atoms with Gasteiger partial charge in [0.25, 0.3) is 5.91 Å². The summed E-state index contributed by atoms with van der Waals surface area (Å²) in [5, 5.41) is 3.47. The van der Waals surface area contributed by atoms with Gasteiger partial charge in [0.1, 0.15) is 5.82 Å². The van der Waals surface area contributed by atoms with Crippen molar-refractivity contribution in [3.63, 3.8) is 0 Å². The molecule has 29 heavy (non-hydrogen) atoms. The van der Waals surface area contributed by atoms with E-state index in [0.717, 1.165) is 31.7 Å². The van der Waals surface area contributed by atoms with Gasteiger partial charge in [-0.2, -0.15) is 0 Å². The Kier molecular flexibility index (Phi) is 5.71. The minimum absolute atomic E-state index is 0.0352. The molecule has 2 aliphatic rings. The third kappa shape index (κ3) is 4.87. The molecule has 1 N–H and O–H groups in total. The summed E-state index contributed by atoms with van der Waals surface area (Å²) in [6, 6.07) is 14.4. The number of piperidine rings is 1. The molecule has 0 aliphatic carbocycles. The van der Waals surface area contributed by atoms with Crippen molar-refractivity contribution in [2.75, 3.05) is 47.9 Å². The van der Waals surface area contributed by atoms with E-state index >= 15 is 0 Å². The molecule has 1 aromatic carbocycles. The number of pyridine rings is 1. The molecule has 8 heteroatoms. The number of rotatable bonds is 4. The Morgan fingerprint density at radius 1 is 0.966 bits per heavy atom. The van der Waals surface area contributed by atoms with Gasteiger partial charge in [-0.3, -0.25) is 4.79 Å². The monoisotopic (exact) mass is 414 g/mol. The highest BCUT2D eigenvalue weighted by atomic mass is 32.2. The van der Waals surface area contributed by atoms with Crippen molar-refractivity contribution in [1.82, 2.24) is 9.88 Å². The Labute approximate surface area is 171 Å². The van der Waals surface area contributed by atoms with E-state index in [4.69, 9.17) is 0 Å². The number of aromatic nitrogens is 1. The quantitative estimate of drug-likeness (QED) is 0.824. The number of sulfone groups is 1. The van der Waals surface area contributed by atoms with Crippen molar-refractivity contribution < 1.29 is 13.2 Å². The van der Waals surface area contributed by atoms with Crippen molar-refractivity contribution in [3.05, 3.63) is 54.2 Å². The molecule has 1 aromatic heterocycles. The lowest BCUT2D eigenvalue weighted by Crippen LogP contribution is -2.43. The van der Waals surface area contributed by atoms with Crippen LogP contribution in [0, 0.1) is 0 Å².